The Labute approximate surface area is 104 Å². The zero-order valence-electron chi connectivity index (χ0n) is 10.0. The van der Waals surface area contributed by atoms with Crippen molar-refractivity contribution in [2.24, 2.45) is 0 Å². The van der Waals surface area contributed by atoms with Crippen LogP contribution in [0.25, 0.3) is 0 Å². The molecule has 1 fully saturated rings. The first-order chi connectivity index (χ1) is 8.58. The number of amides is 1. The van der Waals surface area contributed by atoms with E-state index in [9.17, 15) is 14.9 Å². The molecule has 0 saturated carbocycles. The summed E-state index contributed by atoms with van der Waals surface area (Å²) < 4.78 is 5.24. The van der Waals surface area contributed by atoms with Gasteiger partial charge >= 0.3 is 0 Å². The summed E-state index contributed by atoms with van der Waals surface area (Å²) in [5.41, 5.74) is 0.989. The highest BCUT2D eigenvalue weighted by molar-refractivity contribution is 5.94. The minimum Gasteiger partial charge on any atom is -0.368 e. The molecule has 1 atom stereocenters. The number of anilines is 1. The van der Waals surface area contributed by atoms with E-state index in [0.717, 1.165) is 6.42 Å². The van der Waals surface area contributed by atoms with Crippen LogP contribution < -0.4 is 5.32 Å². The van der Waals surface area contributed by atoms with Crippen LogP contribution in [0.2, 0.25) is 0 Å². The first-order valence-corrected chi connectivity index (χ1v) is 5.75. The predicted octanol–water partition coefficient (Wildman–Crippen LogP) is 2.02. The highest BCUT2D eigenvalue weighted by atomic mass is 16.6. The number of carbonyl (C=O) groups excluding carboxylic acids is 1. The van der Waals surface area contributed by atoms with Crippen molar-refractivity contribution in [3.05, 3.63) is 33.9 Å². The molecule has 0 unspecified atom stereocenters. The van der Waals surface area contributed by atoms with Crippen LogP contribution in [0.5, 0.6) is 0 Å². The maximum atomic E-state index is 11.8. The van der Waals surface area contributed by atoms with Crippen molar-refractivity contribution >= 4 is 17.3 Å². The Kier molecular flexibility index (Phi) is 3.57. The molecule has 1 N–H and O–H groups in total. The molecule has 1 saturated heterocycles. The summed E-state index contributed by atoms with van der Waals surface area (Å²) in [5, 5.41) is 13.4. The molecule has 1 amide bonds. The average molecular weight is 250 g/mol. The molecule has 1 aromatic carbocycles. The smallest absolute Gasteiger partial charge is 0.274 e. The summed E-state index contributed by atoms with van der Waals surface area (Å²) in [6, 6.07) is 4.63. The lowest BCUT2D eigenvalue weighted by Crippen LogP contribution is -2.26. The fraction of sp³-hybridized carbons (Fsp3) is 0.417. The number of nitro groups is 1. The molecule has 1 aromatic rings. The van der Waals surface area contributed by atoms with Crippen LogP contribution >= 0.6 is 0 Å². The van der Waals surface area contributed by atoms with Crippen LogP contribution in [0.3, 0.4) is 0 Å². The van der Waals surface area contributed by atoms with Crippen molar-refractivity contribution in [3.63, 3.8) is 0 Å². The Hall–Kier alpha value is -1.95. The summed E-state index contributed by atoms with van der Waals surface area (Å²) in [6.07, 6.45) is 1.12. The maximum Gasteiger partial charge on any atom is 0.274 e. The van der Waals surface area contributed by atoms with Crippen molar-refractivity contribution in [2.45, 2.75) is 25.9 Å². The normalized spacial score (nSPS) is 18.6. The van der Waals surface area contributed by atoms with Crippen LogP contribution in [0.4, 0.5) is 11.4 Å². The average Bonchev–Trinajstić information content (AvgIpc) is 2.85. The van der Waals surface area contributed by atoms with Gasteiger partial charge in [-0.3, -0.25) is 14.9 Å². The molecule has 0 bridgehead atoms. The molecule has 2 rings (SSSR count). The summed E-state index contributed by atoms with van der Waals surface area (Å²) >= 11 is 0. The lowest BCUT2D eigenvalue weighted by Gasteiger charge is -2.10. The van der Waals surface area contributed by atoms with Gasteiger partial charge in [-0.25, -0.2) is 0 Å². The molecule has 6 heteroatoms. The van der Waals surface area contributed by atoms with E-state index >= 15 is 0 Å². The van der Waals surface area contributed by atoms with Crippen LogP contribution in [-0.4, -0.2) is 23.5 Å². The minimum atomic E-state index is -0.461. The van der Waals surface area contributed by atoms with Gasteiger partial charge in [0.15, 0.2) is 0 Å². The van der Waals surface area contributed by atoms with Gasteiger partial charge in [0.25, 0.3) is 11.6 Å². The standard InChI is InChI=1S/C12H14N2O4/c1-8-4-5-9(7-10(8)14(16)17)13-12(15)11-3-2-6-18-11/h4-5,7,11H,2-3,6H2,1H3,(H,13,15)/t11-/m1/s1. The Morgan fingerprint density at radius 3 is 2.94 bits per heavy atom. The number of nitrogens with zero attached hydrogens (tertiary/aromatic N) is 1. The van der Waals surface area contributed by atoms with Crippen LogP contribution in [0, 0.1) is 17.0 Å². The summed E-state index contributed by atoms with van der Waals surface area (Å²) in [4.78, 5) is 22.1. The van der Waals surface area contributed by atoms with E-state index in [1.165, 1.54) is 6.07 Å². The molecule has 0 spiro atoms. The Morgan fingerprint density at radius 2 is 2.33 bits per heavy atom. The van der Waals surface area contributed by atoms with Gasteiger partial charge in [-0.2, -0.15) is 0 Å². The van der Waals surface area contributed by atoms with Crippen LogP contribution in [0.15, 0.2) is 18.2 Å². The minimum absolute atomic E-state index is 0.000130. The van der Waals surface area contributed by atoms with Gasteiger partial charge in [-0.15, -0.1) is 0 Å². The fourth-order valence-corrected chi connectivity index (χ4v) is 1.89. The Balaban J connectivity index is 2.11. The molecule has 1 heterocycles. The predicted molar refractivity (Wildman–Crippen MR) is 65.4 cm³/mol. The summed E-state index contributed by atoms with van der Waals surface area (Å²) in [7, 11) is 0. The van der Waals surface area contributed by atoms with E-state index in [1.807, 2.05) is 0 Å². The molecule has 18 heavy (non-hydrogen) atoms. The second kappa shape index (κ2) is 5.14. The highest BCUT2D eigenvalue weighted by Crippen LogP contribution is 2.23. The fourth-order valence-electron chi connectivity index (χ4n) is 1.89. The number of nitro benzene ring substituents is 1. The van der Waals surface area contributed by atoms with Gasteiger partial charge in [0, 0.05) is 23.9 Å². The third-order valence-electron chi connectivity index (χ3n) is 2.90. The maximum absolute atomic E-state index is 11.8. The Bertz CT molecular complexity index is 481. The second-order valence-corrected chi connectivity index (χ2v) is 4.25. The summed E-state index contributed by atoms with van der Waals surface area (Å²) in [5.74, 6) is -0.245. The third kappa shape index (κ3) is 2.65. The van der Waals surface area contributed by atoms with Gasteiger partial charge in [-0.05, 0) is 25.8 Å². The van der Waals surface area contributed by atoms with E-state index in [-0.39, 0.29) is 11.6 Å². The number of hydrogen-bond acceptors (Lipinski definition) is 4. The molecule has 96 valence electrons. The van der Waals surface area contributed by atoms with Crippen molar-refractivity contribution in [2.75, 3.05) is 11.9 Å². The number of hydrogen-bond donors (Lipinski definition) is 1. The largest absolute Gasteiger partial charge is 0.368 e. The Morgan fingerprint density at radius 1 is 1.56 bits per heavy atom. The van der Waals surface area contributed by atoms with Crippen molar-refractivity contribution in [3.8, 4) is 0 Å². The number of rotatable bonds is 3. The first kappa shape index (κ1) is 12.5. The van der Waals surface area contributed by atoms with Gasteiger partial charge in [0.2, 0.25) is 0 Å². The number of carbonyl (C=O) groups is 1. The van der Waals surface area contributed by atoms with E-state index < -0.39 is 11.0 Å². The van der Waals surface area contributed by atoms with Gasteiger partial charge in [0.05, 0.1) is 4.92 Å². The summed E-state index contributed by atoms with van der Waals surface area (Å²) in [6.45, 7) is 2.25. The molecular formula is C12H14N2O4. The molecular weight excluding hydrogens is 236 g/mol. The molecule has 6 nitrogen and oxygen atoms in total. The quantitative estimate of drug-likeness (QED) is 0.657. The first-order valence-electron chi connectivity index (χ1n) is 5.75. The zero-order valence-corrected chi connectivity index (χ0v) is 10.0. The van der Waals surface area contributed by atoms with Crippen molar-refractivity contribution in [1.82, 2.24) is 0 Å². The van der Waals surface area contributed by atoms with Crippen LogP contribution in [-0.2, 0) is 9.53 Å². The molecule has 0 radical (unpaired) electrons. The number of aryl methyl sites for hydroxylation is 1. The SMILES string of the molecule is Cc1ccc(NC(=O)[C@H]2CCCO2)cc1[N+](=O)[O-]. The van der Waals surface area contributed by atoms with Crippen molar-refractivity contribution in [1.29, 1.82) is 0 Å². The van der Waals surface area contributed by atoms with E-state index in [4.69, 9.17) is 4.74 Å². The second-order valence-electron chi connectivity index (χ2n) is 4.25. The lowest BCUT2D eigenvalue weighted by molar-refractivity contribution is -0.385. The third-order valence-corrected chi connectivity index (χ3v) is 2.90. The zero-order chi connectivity index (χ0) is 13.1. The van der Waals surface area contributed by atoms with Crippen molar-refractivity contribution < 1.29 is 14.5 Å². The van der Waals surface area contributed by atoms with E-state index in [2.05, 4.69) is 5.32 Å². The number of nitrogens with one attached hydrogen (secondary N) is 1. The van der Waals surface area contributed by atoms with Gasteiger partial charge < -0.3 is 10.1 Å². The number of ether oxygens (including phenoxy) is 1. The van der Waals surface area contributed by atoms with Gasteiger partial charge in [-0.1, -0.05) is 6.07 Å². The monoisotopic (exact) mass is 250 g/mol. The lowest BCUT2D eigenvalue weighted by atomic mass is 10.1. The van der Waals surface area contributed by atoms with Gasteiger partial charge in [0.1, 0.15) is 6.10 Å². The van der Waals surface area contributed by atoms with E-state index in [0.29, 0.717) is 24.3 Å². The number of benzene rings is 1. The molecule has 0 aromatic heterocycles. The molecule has 1 aliphatic heterocycles. The molecule has 1 aliphatic rings. The van der Waals surface area contributed by atoms with Crippen LogP contribution in [0.1, 0.15) is 18.4 Å². The highest BCUT2D eigenvalue weighted by Gasteiger charge is 2.24. The molecule has 0 aliphatic carbocycles. The topological polar surface area (TPSA) is 81.5 Å². The van der Waals surface area contributed by atoms with E-state index in [1.54, 1.807) is 19.1 Å².